The highest BCUT2D eigenvalue weighted by Gasteiger charge is 2.65. The molecule has 3 aromatic rings. The maximum Gasteiger partial charge on any atom is 0.264 e. The molecule has 0 unspecified atom stereocenters. The number of amides is 1. The molecule has 5 rings (SSSR count). The van der Waals surface area contributed by atoms with Crippen LogP contribution in [0.2, 0.25) is 0 Å². The number of hydrogen-bond acceptors (Lipinski definition) is 5. The van der Waals surface area contributed by atoms with Crippen molar-refractivity contribution in [1.29, 1.82) is 0 Å². The number of likely N-dealkylation sites (N-methyl/N-ethyl adjacent to an activating group) is 1. The number of para-hydroxylation sites is 1. The second-order valence-electron chi connectivity index (χ2n) is 10.2. The van der Waals surface area contributed by atoms with Gasteiger partial charge in [0.25, 0.3) is 5.91 Å². The molecule has 2 aromatic carbocycles. The molecular formula is C27H31FN4O3. The Bertz CT molecular complexity index is 1220. The van der Waals surface area contributed by atoms with Gasteiger partial charge < -0.3 is 14.7 Å². The second-order valence-corrected chi connectivity index (χ2v) is 10.2. The minimum Gasteiger partial charge on any atom is -0.382 e. The number of fused-ring (bicyclic) bond motifs is 2. The predicted molar refractivity (Wildman–Crippen MR) is 129 cm³/mol. The van der Waals surface area contributed by atoms with E-state index in [1.807, 2.05) is 61.5 Å². The van der Waals surface area contributed by atoms with E-state index in [1.54, 1.807) is 36.7 Å². The van der Waals surface area contributed by atoms with Crippen LogP contribution in [0.15, 0.2) is 60.8 Å². The van der Waals surface area contributed by atoms with E-state index in [9.17, 15) is 9.90 Å². The number of aliphatic hydroxyl groups is 1. The number of benzene rings is 2. The maximum atomic E-state index is 15.6. The lowest BCUT2D eigenvalue weighted by Gasteiger charge is -2.32. The normalized spacial score (nSPS) is 27.0. The lowest BCUT2D eigenvalue weighted by atomic mass is 9.71. The molecular weight excluding hydrogens is 447 g/mol. The minimum absolute atomic E-state index is 0.156. The van der Waals surface area contributed by atoms with Gasteiger partial charge in [0, 0.05) is 31.0 Å². The number of rotatable bonds is 6. The van der Waals surface area contributed by atoms with E-state index in [1.165, 1.54) is 0 Å². The Morgan fingerprint density at radius 2 is 1.86 bits per heavy atom. The molecule has 35 heavy (non-hydrogen) atoms. The first kappa shape index (κ1) is 23.6. The van der Waals surface area contributed by atoms with E-state index in [0.717, 1.165) is 16.8 Å². The molecule has 8 heteroatoms. The van der Waals surface area contributed by atoms with Gasteiger partial charge in [-0.1, -0.05) is 60.7 Å². The van der Waals surface area contributed by atoms with Gasteiger partial charge in [-0.15, -0.1) is 5.10 Å². The minimum atomic E-state index is -1.55. The predicted octanol–water partition coefficient (Wildman–Crippen LogP) is 4.02. The van der Waals surface area contributed by atoms with Crippen LogP contribution in [-0.4, -0.2) is 44.8 Å². The number of aromatic nitrogens is 3. The Hall–Kier alpha value is -3.10. The highest BCUT2D eigenvalue weighted by atomic mass is 19.1. The quantitative estimate of drug-likeness (QED) is 0.579. The standard InChI is InChI=1S/C27H31FN4O3/c1-17-23(26(2,3)28)22(35-27(17)19-12-8-9-13-21(19)31(4)25(27)34)14-15-32-16-20(29-30-32)24(33)18-10-6-5-7-11-18/h5-13,16-17,22-24,33H,14-15H2,1-4H3/t17-,22+,23-,24-,27+/m1/s1. The number of halogens is 1. The van der Waals surface area contributed by atoms with E-state index >= 15 is 4.39 Å². The van der Waals surface area contributed by atoms with E-state index in [4.69, 9.17) is 4.74 Å². The van der Waals surface area contributed by atoms with Crippen LogP contribution in [0.5, 0.6) is 0 Å². The van der Waals surface area contributed by atoms with E-state index in [2.05, 4.69) is 10.3 Å². The van der Waals surface area contributed by atoms with Gasteiger partial charge in [-0.2, -0.15) is 0 Å². The summed E-state index contributed by atoms with van der Waals surface area (Å²) >= 11 is 0. The molecule has 1 spiro atoms. The van der Waals surface area contributed by atoms with Crippen LogP contribution in [0, 0.1) is 11.8 Å². The molecule has 0 bridgehead atoms. The molecule has 0 radical (unpaired) electrons. The van der Waals surface area contributed by atoms with E-state index in [-0.39, 0.29) is 11.8 Å². The van der Waals surface area contributed by atoms with Crippen LogP contribution >= 0.6 is 0 Å². The Morgan fingerprint density at radius 1 is 1.17 bits per heavy atom. The summed E-state index contributed by atoms with van der Waals surface area (Å²) in [6.07, 6.45) is 0.774. The summed E-state index contributed by atoms with van der Waals surface area (Å²) < 4.78 is 23.8. The monoisotopic (exact) mass is 478 g/mol. The summed E-state index contributed by atoms with van der Waals surface area (Å²) in [7, 11) is 1.74. The number of alkyl halides is 1. The molecule has 1 aromatic heterocycles. The zero-order chi connectivity index (χ0) is 25.0. The maximum absolute atomic E-state index is 15.6. The van der Waals surface area contributed by atoms with Gasteiger partial charge in [-0.3, -0.25) is 9.48 Å². The summed E-state index contributed by atoms with van der Waals surface area (Å²) in [6.45, 7) is 5.45. The molecule has 1 fully saturated rings. The third kappa shape index (κ3) is 3.76. The first-order chi connectivity index (χ1) is 16.6. The molecule has 2 aliphatic heterocycles. The van der Waals surface area contributed by atoms with Crippen molar-refractivity contribution >= 4 is 11.6 Å². The van der Waals surface area contributed by atoms with Crippen LogP contribution in [0.1, 0.15) is 50.1 Å². The lowest BCUT2D eigenvalue weighted by Crippen LogP contribution is -2.44. The van der Waals surface area contributed by atoms with Gasteiger partial charge in [-0.05, 0) is 31.9 Å². The Kier molecular flexibility index (Phi) is 5.76. The highest BCUT2D eigenvalue weighted by molar-refractivity contribution is 6.07. The largest absolute Gasteiger partial charge is 0.382 e. The third-order valence-electron chi connectivity index (χ3n) is 7.59. The van der Waals surface area contributed by atoms with Crippen LogP contribution in [-0.2, 0) is 21.7 Å². The molecule has 2 aliphatic rings. The fourth-order valence-corrected chi connectivity index (χ4v) is 5.99. The van der Waals surface area contributed by atoms with Gasteiger partial charge in [-0.25, -0.2) is 4.39 Å². The Morgan fingerprint density at radius 3 is 2.57 bits per heavy atom. The van der Waals surface area contributed by atoms with Gasteiger partial charge in [0.2, 0.25) is 0 Å². The van der Waals surface area contributed by atoms with Crippen molar-refractivity contribution in [2.45, 2.75) is 57.2 Å². The fourth-order valence-electron chi connectivity index (χ4n) is 5.99. The number of carbonyl (C=O) groups is 1. The summed E-state index contributed by atoms with van der Waals surface area (Å²) in [5, 5.41) is 18.9. The first-order valence-electron chi connectivity index (χ1n) is 12.0. The zero-order valence-corrected chi connectivity index (χ0v) is 20.4. The van der Waals surface area contributed by atoms with Crippen molar-refractivity contribution in [2.24, 2.45) is 11.8 Å². The first-order valence-corrected chi connectivity index (χ1v) is 12.0. The van der Waals surface area contributed by atoms with Crippen LogP contribution < -0.4 is 4.90 Å². The molecule has 1 saturated heterocycles. The van der Waals surface area contributed by atoms with Crippen molar-refractivity contribution in [3.05, 3.63) is 77.6 Å². The number of carbonyl (C=O) groups excluding carboxylic acids is 1. The number of nitrogens with zero attached hydrogens (tertiary/aromatic N) is 4. The fraction of sp³-hybridized carbons (Fsp3) is 0.444. The van der Waals surface area contributed by atoms with Crippen molar-refractivity contribution in [3.8, 4) is 0 Å². The topological polar surface area (TPSA) is 80.5 Å². The number of ether oxygens (including phenoxy) is 1. The number of aryl methyl sites for hydroxylation is 1. The van der Waals surface area contributed by atoms with E-state index in [0.29, 0.717) is 18.7 Å². The smallest absolute Gasteiger partial charge is 0.264 e. The highest BCUT2D eigenvalue weighted by Crippen LogP contribution is 2.57. The van der Waals surface area contributed by atoms with Crippen molar-refractivity contribution < 1.29 is 19.0 Å². The molecule has 1 amide bonds. The summed E-state index contributed by atoms with van der Waals surface area (Å²) in [5.74, 6) is -1.02. The molecule has 5 atom stereocenters. The zero-order valence-electron chi connectivity index (χ0n) is 20.4. The van der Waals surface area contributed by atoms with Gasteiger partial charge in [0.05, 0.1) is 18.0 Å². The number of aliphatic hydroxyl groups excluding tert-OH is 1. The average Bonchev–Trinajstić information content (AvgIpc) is 3.49. The van der Waals surface area contributed by atoms with Crippen LogP contribution in [0.4, 0.5) is 10.1 Å². The van der Waals surface area contributed by atoms with Crippen LogP contribution in [0.25, 0.3) is 0 Å². The average molecular weight is 479 g/mol. The van der Waals surface area contributed by atoms with Crippen molar-refractivity contribution in [2.75, 3.05) is 11.9 Å². The van der Waals surface area contributed by atoms with Crippen molar-refractivity contribution in [1.82, 2.24) is 15.0 Å². The summed E-state index contributed by atoms with van der Waals surface area (Å²) in [4.78, 5) is 15.1. The van der Waals surface area contributed by atoms with Gasteiger partial charge in [0.1, 0.15) is 17.5 Å². The Balaban J connectivity index is 1.40. The van der Waals surface area contributed by atoms with Crippen molar-refractivity contribution in [3.63, 3.8) is 0 Å². The molecule has 1 N–H and O–H groups in total. The molecule has 3 heterocycles. The molecule has 0 aliphatic carbocycles. The molecule has 7 nitrogen and oxygen atoms in total. The summed E-state index contributed by atoms with van der Waals surface area (Å²) in [5.41, 5.74) is 0.0118. The second kappa shape index (κ2) is 8.53. The Labute approximate surface area is 204 Å². The molecule has 184 valence electrons. The summed E-state index contributed by atoms with van der Waals surface area (Å²) in [6, 6.07) is 16.9. The van der Waals surface area contributed by atoms with Crippen LogP contribution in [0.3, 0.4) is 0 Å². The van der Waals surface area contributed by atoms with E-state index < -0.39 is 29.4 Å². The van der Waals surface area contributed by atoms with Gasteiger partial charge >= 0.3 is 0 Å². The SMILES string of the molecule is C[C@@H]1[C@@H](C(C)(C)F)[C@H](CCn2cc([C@H](O)c3ccccc3)nn2)O[C@@]12C(=O)N(C)c1ccccc12. The molecule has 0 saturated carbocycles. The lowest BCUT2D eigenvalue weighted by molar-refractivity contribution is -0.145. The van der Waals surface area contributed by atoms with Gasteiger partial charge in [0.15, 0.2) is 5.60 Å². The number of anilines is 1. The third-order valence-corrected chi connectivity index (χ3v) is 7.59. The number of hydrogen-bond donors (Lipinski definition) is 1.